The Labute approximate surface area is 108 Å². The Morgan fingerprint density at radius 1 is 1.17 bits per heavy atom. The van der Waals surface area contributed by atoms with Crippen LogP contribution in [-0.2, 0) is 6.54 Å². The maximum atomic E-state index is 13.6. The average molecular weight is 252 g/mol. The van der Waals surface area contributed by atoms with Crippen LogP contribution in [0.4, 0.5) is 4.39 Å². The first-order chi connectivity index (χ1) is 8.72. The SMILES string of the molecule is CCN1CCN(Cc2ccc(OC)c(F)c2)CC1. The van der Waals surface area contributed by atoms with Gasteiger partial charge in [0.25, 0.3) is 0 Å². The first kappa shape index (κ1) is 13.3. The Balaban J connectivity index is 1.92. The molecule has 1 heterocycles. The van der Waals surface area contributed by atoms with Gasteiger partial charge in [0.2, 0.25) is 0 Å². The number of halogens is 1. The Hall–Kier alpha value is -1.13. The highest BCUT2D eigenvalue weighted by molar-refractivity contribution is 5.29. The fourth-order valence-corrected chi connectivity index (χ4v) is 2.33. The quantitative estimate of drug-likeness (QED) is 0.815. The molecule has 1 fully saturated rings. The molecule has 0 amide bonds. The van der Waals surface area contributed by atoms with Gasteiger partial charge < -0.3 is 9.64 Å². The molecule has 1 aliphatic rings. The van der Waals surface area contributed by atoms with Crippen molar-refractivity contribution >= 4 is 0 Å². The van der Waals surface area contributed by atoms with Gasteiger partial charge in [0.05, 0.1) is 7.11 Å². The van der Waals surface area contributed by atoms with Crippen molar-refractivity contribution in [3.05, 3.63) is 29.6 Å². The summed E-state index contributed by atoms with van der Waals surface area (Å²) in [4.78, 5) is 4.80. The number of rotatable bonds is 4. The van der Waals surface area contributed by atoms with Crippen LogP contribution >= 0.6 is 0 Å². The van der Waals surface area contributed by atoms with Gasteiger partial charge in [0.15, 0.2) is 11.6 Å². The van der Waals surface area contributed by atoms with Gasteiger partial charge in [-0.2, -0.15) is 0 Å². The largest absolute Gasteiger partial charge is 0.494 e. The molecule has 0 aliphatic carbocycles. The van der Waals surface area contributed by atoms with E-state index in [2.05, 4.69) is 16.7 Å². The zero-order valence-electron chi connectivity index (χ0n) is 11.2. The van der Waals surface area contributed by atoms with Crippen molar-refractivity contribution in [1.29, 1.82) is 0 Å². The molecule has 18 heavy (non-hydrogen) atoms. The van der Waals surface area contributed by atoms with Crippen molar-refractivity contribution in [2.45, 2.75) is 13.5 Å². The predicted molar refractivity (Wildman–Crippen MR) is 70.3 cm³/mol. The van der Waals surface area contributed by atoms with Gasteiger partial charge in [-0.3, -0.25) is 4.90 Å². The molecule has 1 aromatic carbocycles. The normalized spacial score (nSPS) is 17.9. The van der Waals surface area contributed by atoms with Crippen molar-refractivity contribution in [3.8, 4) is 5.75 Å². The summed E-state index contributed by atoms with van der Waals surface area (Å²) in [6.45, 7) is 8.45. The molecule has 0 spiro atoms. The third-order valence-electron chi connectivity index (χ3n) is 3.53. The van der Waals surface area contributed by atoms with Crippen LogP contribution in [0, 0.1) is 5.82 Å². The van der Waals surface area contributed by atoms with Gasteiger partial charge in [0.1, 0.15) is 0 Å². The molecule has 1 aliphatic heterocycles. The van der Waals surface area contributed by atoms with E-state index in [1.54, 1.807) is 12.1 Å². The summed E-state index contributed by atoms with van der Waals surface area (Å²) in [6.07, 6.45) is 0. The third kappa shape index (κ3) is 3.21. The highest BCUT2D eigenvalue weighted by Gasteiger charge is 2.15. The topological polar surface area (TPSA) is 15.7 Å². The summed E-state index contributed by atoms with van der Waals surface area (Å²) in [6, 6.07) is 5.21. The van der Waals surface area contributed by atoms with Crippen molar-refractivity contribution < 1.29 is 9.13 Å². The van der Waals surface area contributed by atoms with E-state index in [-0.39, 0.29) is 5.82 Å². The number of piperazine rings is 1. The monoisotopic (exact) mass is 252 g/mol. The number of benzene rings is 1. The van der Waals surface area contributed by atoms with Gasteiger partial charge in [-0.15, -0.1) is 0 Å². The maximum Gasteiger partial charge on any atom is 0.165 e. The molecule has 1 aromatic rings. The minimum Gasteiger partial charge on any atom is -0.494 e. The van der Waals surface area contributed by atoms with Crippen molar-refractivity contribution in [2.24, 2.45) is 0 Å². The highest BCUT2D eigenvalue weighted by Crippen LogP contribution is 2.19. The molecule has 0 atom stereocenters. The van der Waals surface area contributed by atoms with Crippen molar-refractivity contribution in [1.82, 2.24) is 9.80 Å². The summed E-state index contributed by atoms with van der Waals surface area (Å²) in [7, 11) is 1.49. The van der Waals surface area contributed by atoms with Crippen LogP contribution in [0.5, 0.6) is 5.75 Å². The highest BCUT2D eigenvalue weighted by atomic mass is 19.1. The van der Waals surface area contributed by atoms with Gasteiger partial charge >= 0.3 is 0 Å². The Kier molecular flexibility index (Phi) is 4.55. The lowest BCUT2D eigenvalue weighted by molar-refractivity contribution is 0.132. The maximum absolute atomic E-state index is 13.6. The predicted octanol–water partition coefficient (Wildman–Crippen LogP) is 1.97. The van der Waals surface area contributed by atoms with E-state index in [1.807, 2.05) is 6.07 Å². The minimum atomic E-state index is -0.276. The fraction of sp³-hybridized carbons (Fsp3) is 0.571. The second-order valence-electron chi connectivity index (χ2n) is 4.68. The van der Waals surface area contributed by atoms with Crippen LogP contribution in [0.25, 0.3) is 0 Å². The van der Waals surface area contributed by atoms with E-state index >= 15 is 0 Å². The summed E-state index contributed by atoms with van der Waals surface area (Å²) >= 11 is 0. The van der Waals surface area contributed by atoms with Crippen LogP contribution in [0.1, 0.15) is 12.5 Å². The molecule has 1 saturated heterocycles. The lowest BCUT2D eigenvalue weighted by Crippen LogP contribution is -2.45. The second kappa shape index (κ2) is 6.16. The fourth-order valence-electron chi connectivity index (χ4n) is 2.33. The van der Waals surface area contributed by atoms with E-state index < -0.39 is 0 Å². The summed E-state index contributed by atoms with van der Waals surface area (Å²) in [5, 5.41) is 0. The number of methoxy groups -OCH3 is 1. The average Bonchev–Trinajstić information content (AvgIpc) is 2.40. The molecular weight excluding hydrogens is 231 g/mol. The summed E-state index contributed by atoms with van der Waals surface area (Å²) in [5.74, 6) is 0.0387. The second-order valence-corrected chi connectivity index (χ2v) is 4.68. The van der Waals surface area contributed by atoms with Crippen molar-refractivity contribution in [3.63, 3.8) is 0 Å². The van der Waals surface area contributed by atoms with Crippen LogP contribution in [-0.4, -0.2) is 49.6 Å². The summed E-state index contributed by atoms with van der Waals surface area (Å²) in [5.41, 5.74) is 1.01. The zero-order chi connectivity index (χ0) is 13.0. The number of nitrogens with zero attached hydrogens (tertiary/aromatic N) is 2. The van der Waals surface area contributed by atoms with Gasteiger partial charge in [-0.1, -0.05) is 13.0 Å². The molecule has 100 valence electrons. The van der Waals surface area contributed by atoms with E-state index in [0.29, 0.717) is 5.75 Å². The van der Waals surface area contributed by atoms with Crippen LogP contribution < -0.4 is 4.74 Å². The number of likely N-dealkylation sites (N-methyl/N-ethyl adjacent to an activating group) is 1. The van der Waals surface area contributed by atoms with E-state index in [1.165, 1.54) is 7.11 Å². The van der Waals surface area contributed by atoms with Gasteiger partial charge in [-0.05, 0) is 24.2 Å². The minimum absolute atomic E-state index is 0.276. The molecule has 0 saturated carbocycles. The molecule has 4 heteroatoms. The number of ether oxygens (including phenoxy) is 1. The molecule has 0 aromatic heterocycles. The number of hydrogen-bond donors (Lipinski definition) is 0. The third-order valence-corrected chi connectivity index (χ3v) is 3.53. The molecule has 0 bridgehead atoms. The Morgan fingerprint density at radius 2 is 1.83 bits per heavy atom. The lowest BCUT2D eigenvalue weighted by Gasteiger charge is -2.34. The molecule has 3 nitrogen and oxygen atoms in total. The molecule has 0 unspecified atom stereocenters. The van der Waals surface area contributed by atoms with Crippen LogP contribution in [0.15, 0.2) is 18.2 Å². The van der Waals surface area contributed by atoms with Crippen LogP contribution in [0.3, 0.4) is 0 Å². The smallest absolute Gasteiger partial charge is 0.165 e. The standard InChI is InChI=1S/C14H21FN2O/c1-3-16-6-8-17(9-7-16)11-12-4-5-14(18-2)13(15)10-12/h4-5,10H,3,6-9,11H2,1-2H3. The lowest BCUT2D eigenvalue weighted by atomic mass is 10.2. The first-order valence-corrected chi connectivity index (χ1v) is 6.50. The van der Waals surface area contributed by atoms with Crippen molar-refractivity contribution in [2.75, 3.05) is 39.8 Å². The number of hydrogen-bond acceptors (Lipinski definition) is 3. The molecule has 2 rings (SSSR count). The molecule has 0 radical (unpaired) electrons. The van der Waals surface area contributed by atoms with E-state index in [9.17, 15) is 4.39 Å². The van der Waals surface area contributed by atoms with E-state index in [4.69, 9.17) is 4.74 Å². The van der Waals surface area contributed by atoms with E-state index in [0.717, 1.165) is 44.8 Å². The van der Waals surface area contributed by atoms with Gasteiger partial charge in [-0.25, -0.2) is 4.39 Å². The molecule has 0 N–H and O–H groups in total. The first-order valence-electron chi connectivity index (χ1n) is 6.50. The summed E-state index contributed by atoms with van der Waals surface area (Å²) < 4.78 is 18.5. The Morgan fingerprint density at radius 3 is 2.39 bits per heavy atom. The molecular formula is C14H21FN2O. The van der Waals surface area contributed by atoms with Crippen LogP contribution in [0.2, 0.25) is 0 Å². The Bertz CT molecular complexity index is 389. The van der Waals surface area contributed by atoms with Gasteiger partial charge in [0, 0.05) is 32.7 Å². The zero-order valence-corrected chi connectivity index (χ0v) is 11.2.